The first-order chi connectivity index (χ1) is 10.1. The largest absolute Gasteiger partial charge is 0.350 e. The number of carbonyl (C=O) groups excluding carboxylic acids is 1. The van der Waals surface area contributed by atoms with Gasteiger partial charge in [0.15, 0.2) is 0 Å². The van der Waals surface area contributed by atoms with Gasteiger partial charge in [-0.05, 0) is 43.2 Å². The molecule has 0 radical (unpaired) electrons. The van der Waals surface area contributed by atoms with Gasteiger partial charge in [-0.15, -0.1) is 0 Å². The predicted molar refractivity (Wildman–Crippen MR) is 87.2 cm³/mol. The Bertz CT molecular complexity index is 836. The fraction of sp³-hybridized carbons (Fsp3) is 0.118. The van der Waals surface area contributed by atoms with Crippen molar-refractivity contribution in [3.63, 3.8) is 0 Å². The Hall–Kier alpha value is -2.26. The molecule has 4 heteroatoms. The van der Waals surface area contributed by atoms with Gasteiger partial charge in [-0.2, -0.15) is 0 Å². The van der Waals surface area contributed by atoms with E-state index in [0.29, 0.717) is 10.7 Å². The average Bonchev–Trinajstić information content (AvgIpc) is 2.82. The molecule has 0 saturated carbocycles. The number of para-hydroxylation sites is 1. The van der Waals surface area contributed by atoms with Crippen LogP contribution in [0.15, 0.2) is 42.5 Å². The Morgan fingerprint density at radius 2 is 1.81 bits per heavy atom. The Morgan fingerprint density at radius 3 is 2.57 bits per heavy atom. The third kappa shape index (κ3) is 2.41. The van der Waals surface area contributed by atoms with Crippen molar-refractivity contribution in [1.29, 1.82) is 0 Å². The second kappa shape index (κ2) is 5.26. The number of anilines is 1. The summed E-state index contributed by atoms with van der Waals surface area (Å²) >= 11 is 6.08. The van der Waals surface area contributed by atoms with Crippen molar-refractivity contribution < 1.29 is 4.79 Å². The summed E-state index contributed by atoms with van der Waals surface area (Å²) in [6.45, 7) is 3.83. The van der Waals surface area contributed by atoms with E-state index in [0.717, 1.165) is 27.7 Å². The number of carbonyl (C=O) groups is 1. The lowest BCUT2D eigenvalue weighted by molar-refractivity contribution is 0.102. The van der Waals surface area contributed by atoms with Crippen LogP contribution in [-0.4, -0.2) is 10.9 Å². The molecular formula is C17H15ClN2O. The van der Waals surface area contributed by atoms with Gasteiger partial charge in [0.25, 0.3) is 5.91 Å². The van der Waals surface area contributed by atoms with E-state index in [1.807, 2.05) is 50.2 Å². The molecule has 3 aromatic rings. The first-order valence-corrected chi connectivity index (χ1v) is 7.09. The number of aromatic nitrogens is 1. The second-order valence-corrected chi connectivity index (χ2v) is 5.44. The number of aryl methyl sites for hydroxylation is 1. The zero-order valence-corrected chi connectivity index (χ0v) is 12.6. The fourth-order valence-electron chi connectivity index (χ4n) is 2.44. The lowest BCUT2D eigenvalue weighted by atomic mass is 10.1. The molecule has 2 N–H and O–H groups in total. The maximum Gasteiger partial charge on any atom is 0.272 e. The molecule has 0 unspecified atom stereocenters. The van der Waals surface area contributed by atoms with E-state index in [2.05, 4.69) is 10.3 Å². The number of amides is 1. The maximum atomic E-state index is 12.5. The van der Waals surface area contributed by atoms with E-state index in [-0.39, 0.29) is 5.91 Å². The number of hydrogen-bond donors (Lipinski definition) is 2. The summed E-state index contributed by atoms with van der Waals surface area (Å²) in [5, 5.41) is 4.62. The van der Waals surface area contributed by atoms with Gasteiger partial charge in [0.2, 0.25) is 0 Å². The van der Waals surface area contributed by atoms with Crippen LogP contribution < -0.4 is 5.32 Å². The summed E-state index contributed by atoms with van der Waals surface area (Å²) in [4.78, 5) is 15.7. The van der Waals surface area contributed by atoms with Crippen molar-refractivity contribution in [3.05, 3.63) is 64.3 Å². The summed E-state index contributed by atoms with van der Waals surface area (Å²) in [6.07, 6.45) is 0. The van der Waals surface area contributed by atoms with Crippen molar-refractivity contribution >= 4 is 34.1 Å². The normalized spacial score (nSPS) is 10.8. The van der Waals surface area contributed by atoms with Crippen LogP contribution in [0.25, 0.3) is 10.9 Å². The molecule has 0 saturated heterocycles. The molecule has 0 fully saturated rings. The summed E-state index contributed by atoms with van der Waals surface area (Å²) in [5.74, 6) is -0.158. The van der Waals surface area contributed by atoms with Crippen LogP contribution in [0.2, 0.25) is 5.02 Å². The Balaban J connectivity index is 1.97. The third-order valence-corrected chi connectivity index (χ3v) is 4.12. The van der Waals surface area contributed by atoms with Crippen LogP contribution in [0.3, 0.4) is 0 Å². The molecule has 1 aromatic heterocycles. The van der Waals surface area contributed by atoms with Gasteiger partial charge in [0.05, 0.1) is 0 Å². The number of rotatable bonds is 2. The number of nitrogens with one attached hydrogen (secondary N) is 2. The predicted octanol–water partition coefficient (Wildman–Crippen LogP) is 4.69. The highest BCUT2D eigenvalue weighted by Gasteiger charge is 2.15. The smallest absolute Gasteiger partial charge is 0.272 e. The molecule has 0 aliphatic heterocycles. The Labute approximate surface area is 127 Å². The van der Waals surface area contributed by atoms with Crippen LogP contribution in [0, 0.1) is 13.8 Å². The first-order valence-electron chi connectivity index (χ1n) is 6.71. The number of benzene rings is 2. The highest BCUT2D eigenvalue weighted by Crippen LogP contribution is 2.25. The summed E-state index contributed by atoms with van der Waals surface area (Å²) < 4.78 is 0. The number of H-pyrrole nitrogens is 1. The lowest BCUT2D eigenvalue weighted by Gasteiger charge is -2.09. The maximum absolute atomic E-state index is 12.5. The third-order valence-electron chi connectivity index (χ3n) is 3.71. The minimum Gasteiger partial charge on any atom is -0.350 e. The van der Waals surface area contributed by atoms with Crippen molar-refractivity contribution in [2.24, 2.45) is 0 Å². The number of hydrogen-bond acceptors (Lipinski definition) is 1. The van der Waals surface area contributed by atoms with Crippen molar-refractivity contribution in [2.45, 2.75) is 13.8 Å². The zero-order valence-electron chi connectivity index (χ0n) is 11.8. The van der Waals surface area contributed by atoms with Gasteiger partial charge in [0.1, 0.15) is 5.69 Å². The molecule has 106 valence electrons. The lowest BCUT2D eigenvalue weighted by Crippen LogP contribution is -2.14. The van der Waals surface area contributed by atoms with E-state index in [1.165, 1.54) is 0 Å². The first kappa shape index (κ1) is 13.7. The molecule has 0 aliphatic carbocycles. The van der Waals surface area contributed by atoms with Crippen molar-refractivity contribution in [1.82, 2.24) is 4.98 Å². The quantitative estimate of drug-likeness (QED) is 0.708. The SMILES string of the molecule is Cc1c(Cl)cccc1NC(=O)c1[nH]c2ccccc2c1C. The average molecular weight is 299 g/mol. The van der Waals surface area contributed by atoms with Gasteiger partial charge >= 0.3 is 0 Å². The van der Waals surface area contributed by atoms with E-state index < -0.39 is 0 Å². The van der Waals surface area contributed by atoms with Crippen LogP contribution >= 0.6 is 11.6 Å². The Morgan fingerprint density at radius 1 is 1.05 bits per heavy atom. The highest BCUT2D eigenvalue weighted by molar-refractivity contribution is 6.31. The van der Waals surface area contributed by atoms with Crippen molar-refractivity contribution in [2.75, 3.05) is 5.32 Å². The minimum atomic E-state index is -0.158. The van der Waals surface area contributed by atoms with Crippen LogP contribution in [0.5, 0.6) is 0 Å². The van der Waals surface area contributed by atoms with Gasteiger partial charge in [-0.3, -0.25) is 4.79 Å². The van der Waals surface area contributed by atoms with Crippen molar-refractivity contribution in [3.8, 4) is 0 Å². The van der Waals surface area contributed by atoms with Gasteiger partial charge < -0.3 is 10.3 Å². The molecule has 0 spiro atoms. The molecule has 0 bridgehead atoms. The molecule has 21 heavy (non-hydrogen) atoms. The van der Waals surface area contributed by atoms with E-state index in [4.69, 9.17) is 11.6 Å². The monoisotopic (exact) mass is 298 g/mol. The van der Waals surface area contributed by atoms with E-state index in [9.17, 15) is 4.79 Å². The fourth-order valence-corrected chi connectivity index (χ4v) is 2.61. The Kier molecular flexibility index (Phi) is 3.43. The summed E-state index contributed by atoms with van der Waals surface area (Å²) in [5.41, 5.74) is 4.08. The number of fused-ring (bicyclic) bond motifs is 1. The molecular weight excluding hydrogens is 284 g/mol. The topological polar surface area (TPSA) is 44.9 Å². The van der Waals surface area contributed by atoms with E-state index >= 15 is 0 Å². The van der Waals surface area contributed by atoms with E-state index in [1.54, 1.807) is 6.07 Å². The standard InChI is InChI=1S/C17H15ClN2O/c1-10-12-6-3-4-8-15(12)19-16(10)17(21)20-14-9-5-7-13(18)11(14)2/h3-9,19H,1-2H3,(H,20,21). The highest BCUT2D eigenvalue weighted by atomic mass is 35.5. The number of aromatic amines is 1. The zero-order chi connectivity index (χ0) is 15.0. The van der Waals surface area contributed by atoms with Gasteiger partial charge in [-0.1, -0.05) is 35.9 Å². The summed E-state index contributed by atoms with van der Waals surface area (Å²) in [6, 6.07) is 13.3. The molecule has 0 atom stereocenters. The van der Waals surface area contributed by atoms with Crippen LogP contribution in [0.4, 0.5) is 5.69 Å². The molecule has 2 aromatic carbocycles. The minimum absolute atomic E-state index is 0.158. The summed E-state index contributed by atoms with van der Waals surface area (Å²) in [7, 11) is 0. The van der Waals surface area contributed by atoms with Gasteiger partial charge in [0, 0.05) is 21.6 Å². The molecule has 3 rings (SSSR count). The number of halogens is 1. The van der Waals surface area contributed by atoms with Crippen LogP contribution in [-0.2, 0) is 0 Å². The molecule has 1 heterocycles. The van der Waals surface area contributed by atoms with Gasteiger partial charge in [-0.25, -0.2) is 0 Å². The molecule has 1 amide bonds. The molecule has 3 nitrogen and oxygen atoms in total. The molecule has 0 aliphatic rings. The second-order valence-electron chi connectivity index (χ2n) is 5.04. The van der Waals surface area contributed by atoms with Crippen LogP contribution in [0.1, 0.15) is 21.6 Å².